The smallest absolute Gasteiger partial charge is 0.401 e. The maximum atomic E-state index is 12.8. The lowest BCUT2D eigenvalue weighted by Crippen LogP contribution is -2.30. The lowest BCUT2D eigenvalue weighted by Gasteiger charge is -2.20. The number of hydrogen-bond acceptors (Lipinski definition) is 6. The molecular formula is C19H23N3O6S. The fourth-order valence-corrected chi connectivity index (χ4v) is 4.25. The first-order valence-corrected chi connectivity index (χ1v) is 10.4. The summed E-state index contributed by atoms with van der Waals surface area (Å²) in [5, 5.41) is 13.3. The molecule has 156 valence electrons. The average molecular weight is 421 g/mol. The molecule has 2 aromatic rings. The van der Waals surface area contributed by atoms with E-state index in [0.717, 1.165) is 17.2 Å². The van der Waals surface area contributed by atoms with Gasteiger partial charge in [-0.3, -0.25) is 14.9 Å². The van der Waals surface area contributed by atoms with Gasteiger partial charge in [-0.25, -0.2) is 8.42 Å². The molecule has 1 aromatic carbocycles. The van der Waals surface area contributed by atoms with Gasteiger partial charge in [-0.05, 0) is 49.2 Å². The molecule has 1 aromatic heterocycles. The van der Waals surface area contributed by atoms with Crippen molar-refractivity contribution in [3.63, 3.8) is 0 Å². The number of hydrogen-bond donors (Lipinski definition) is 1. The molecule has 1 heterocycles. The molecule has 0 spiro atoms. The number of sulfonamides is 1. The summed E-state index contributed by atoms with van der Waals surface area (Å²) in [7, 11) is -3.67. The number of amides is 1. The van der Waals surface area contributed by atoms with Crippen LogP contribution < -0.4 is 5.32 Å². The van der Waals surface area contributed by atoms with E-state index >= 15 is 0 Å². The molecule has 0 saturated heterocycles. The fraction of sp³-hybridized carbons (Fsp3) is 0.316. The third kappa shape index (κ3) is 5.09. The molecule has 0 bridgehead atoms. The van der Waals surface area contributed by atoms with Crippen molar-refractivity contribution >= 4 is 33.6 Å². The maximum Gasteiger partial charge on any atom is 0.433 e. The zero-order valence-electron chi connectivity index (χ0n) is 16.6. The zero-order chi connectivity index (χ0) is 21.8. The molecule has 10 heteroatoms. The molecule has 0 aliphatic heterocycles. The first-order valence-electron chi connectivity index (χ1n) is 8.94. The Morgan fingerprint density at radius 3 is 2.45 bits per heavy atom. The molecule has 1 N–H and O–H groups in total. The van der Waals surface area contributed by atoms with Gasteiger partial charge in [-0.2, -0.15) is 4.31 Å². The van der Waals surface area contributed by atoms with Gasteiger partial charge >= 0.3 is 5.88 Å². The Morgan fingerprint density at radius 2 is 1.90 bits per heavy atom. The number of carbonyl (C=O) groups excluding carboxylic acids is 1. The summed E-state index contributed by atoms with van der Waals surface area (Å²) in [5.74, 6) is -0.799. The van der Waals surface area contributed by atoms with E-state index in [1.807, 2.05) is 0 Å². The predicted molar refractivity (Wildman–Crippen MR) is 109 cm³/mol. The highest BCUT2D eigenvalue weighted by Crippen LogP contribution is 2.26. The summed E-state index contributed by atoms with van der Waals surface area (Å²) in [5.41, 5.74) is 1.83. The standard InChI is InChI=1S/C19H23N3O6S/c1-5-21(6-2)29(26,27)16-11-13(3)14(4)17(12-16)20-18(23)9-7-15-8-10-19(28-15)22(24)25/h7-12H,5-6H2,1-4H3,(H,20,23)/b9-7+. The number of nitro groups is 1. The van der Waals surface area contributed by atoms with Gasteiger partial charge in [0.15, 0.2) is 0 Å². The molecule has 29 heavy (non-hydrogen) atoms. The Balaban J connectivity index is 2.27. The third-order valence-corrected chi connectivity index (χ3v) is 6.46. The summed E-state index contributed by atoms with van der Waals surface area (Å²) in [6.45, 7) is 7.74. The van der Waals surface area contributed by atoms with Crippen LogP contribution >= 0.6 is 0 Å². The topological polar surface area (TPSA) is 123 Å². The number of benzene rings is 1. The van der Waals surface area contributed by atoms with E-state index < -0.39 is 26.7 Å². The molecular weight excluding hydrogens is 398 g/mol. The van der Waals surface area contributed by atoms with Gasteiger partial charge < -0.3 is 9.73 Å². The first kappa shape index (κ1) is 22.3. The van der Waals surface area contributed by atoms with Crippen molar-refractivity contribution in [2.24, 2.45) is 0 Å². The molecule has 0 aliphatic carbocycles. The lowest BCUT2D eigenvalue weighted by atomic mass is 10.1. The van der Waals surface area contributed by atoms with Crippen LogP contribution in [0.1, 0.15) is 30.7 Å². The molecule has 0 aliphatic rings. The molecule has 0 saturated carbocycles. The number of carbonyl (C=O) groups is 1. The van der Waals surface area contributed by atoms with Gasteiger partial charge in [0.05, 0.1) is 11.0 Å². The highest BCUT2D eigenvalue weighted by atomic mass is 32.2. The van der Waals surface area contributed by atoms with Crippen LogP contribution in [-0.2, 0) is 14.8 Å². The van der Waals surface area contributed by atoms with Crippen molar-refractivity contribution in [3.8, 4) is 0 Å². The second-order valence-electron chi connectivity index (χ2n) is 6.26. The first-order chi connectivity index (χ1) is 13.6. The average Bonchev–Trinajstić information content (AvgIpc) is 3.13. The summed E-state index contributed by atoms with van der Waals surface area (Å²) in [6.07, 6.45) is 2.45. The molecule has 9 nitrogen and oxygen atoms in total. The highest BCUT2D eigenvalue weighted by molar-refractivity contribution is 7.89. The van der Waals surface area contributed by atoms with Gasteiger partial charge in [0.2, 0.25) is 15.9 Å². The molecule has 1 amide bonds. The minimum absolute atomic E-state index is 0.102. The predicted octanol–water partition coefficient (Wildman–Crippen LogP) is 3.49. The van der Waals surface area contributed by atoms with Crippen LogP contribution in [0.2, 0.25) is 0 Å². The minimum atomic E-state index is -3.67. The van der Waals surface area contributed by atoms with Crippen LogP contribution in [0.4, 0.5) is 11.6 Å². The van der Waals surface area contributed by atoms with Gasteiger partial charge in [-0.15, -0.1) is 0 Å². The van der Waals surface area contributed by atoms with E-state index in [9.17, 15) is 23.3 Å². The van der Waals surface area contributed by atoms with Crippen LogP contribution in [0, 0.1) is 24.0 Å². The SMILES string of the molecule is CCN(CC)S(=O)(=O)c1cc(C)c(C)c(NC(=O)/C=C/c2ccc([N+](=O)[O-])o2)c1. The number of anilines is 1. The fourth-order valence-electron chi connectivity index (χ4n) is 2.68. The normalized spacial score (nSPS) is 11.9. The molecule has 0 unspecified atom stereocenters. The second kappa shape index (κ2) is 9.01. The summed E-state index contributed by atoms with van der Waals surface area (Å²) < 4.78 is 31.9. The van der Waals surface area contributed by atoms with Gasteiger partial charge in [0.25, 0.3) is 0 Å². The Kier molecular flexibility index (Phi) is 6.93. The third-order valence-electron chi connectivity index (χ3n) is 4.43. The molecule has 0 radical (unpaired) electrons. The van der Waals surface area contributed by atoms with Crippen molar-refractivity contribution in [1.29, 1.82) is 0 Å². The van der Waals surface area contributed by atoms with E-state index in [1.54, 1.807) is 33.8 Å². The van der Waals surface area contributed by atoms with Crippen LogP contribution in [0.3, 0.4) is 0 Å². The monoisotopic (exact) mass is 421 g/mol. The van der Waals surface area contributed by atoms with Gasteiger partial charge in [0, 0.05) is 24.9 Å². The Morgan fingerprint density at radius 1 is 1.24 bits per heavy atom. The van der Waals surface area contributed by atoms with E-state index in [0.29, 0.717) is 18.8 Å². The number of nitrogens with one attached hydrogen (secondary N) is 1. The van der Waals surface area contributed by atoms with Crippen LogP contribution in [0.5, 0.6) is 0 Å². The Hall–Kier alpha value is -2.98. The summed E-state index contributed by atoms with van der Waals surface area (Å²) in [6, 6.07) is 5.57. The van der Waals surface area contributed by atoms with Crippen molar-refractivity contribution < 1.29 is 22.6 Å². The number of aryl methyl sites for hydroxylation is 1. The highest BCUT2D eigenvalue weighted by Gasteiger charge is 2.23. The van der Waals surface area contributed by atoms with Gasteiger partial charge in [0.1, 0.15) is 10.7 Å². The van der Waals surface area contributed by atoms with Crippen molar-refractivity contribution in [2.45, 2.75) is 32.6 Å². The van der Waals surface area contributed by atoms with E-state index in [4.69, 9.17) is 4.42 Å². The second-order valence-corrected chi connectivity index (χ2v) is 8.20. The molecule has 0 atom stereocenters. The Labute approximate surface area is 169 Å². The molecule has 2 rings (SSSR count). The quantitative estimate of drug-likeness (QED) is 0.395. The molecule has 0 fully saturated rings. The minimum Gasteiger partial charge on any atom is -0.401 e. The Bertz CT molecular complexity index is 1050. The van der Waals surface area contributed by atoms with Crippen LogP contribution in [-0.4, -0.2) is 36.6 Å². The van der Waals surface area contributed by atoms with E-state index in [1.165, 1.54) is 28.6 Å². The van der Waals surface area contributed by atoms with E-state index in [2.05, 4.69) is 5.32 Å². The van der Waals surface area contributed by atoms with Crippen molar-refractivity contribution in [1.82, 2.24) is 4.31 Å². The van der Waals surface area contributed by atoms with Crippen molar-refractivity contribution in [2.75, 3.05) is 18.4 Å². The largest absolute Gasteiger partial charge is 0.433 e. The summed E-state index contributed by atoms with van der Waals surface area (Å²) >= 11 is 0. The number of nitrogens with zero attached hydrogens (tertiary/aromatic N) is 2. The van der Waals surface area contributed by atoms with Crippen molar-refractivity contribution in [3.05, 3.63) is 57.3 Å². The van der Waals surface area contributed by atoms with Crippen LogP contribution in [0.15, 0.2) is 39.7 Å². The zero-order valence-corrected chi connectivity index (χ0v) is 17.4. The van der Waals surface area contributed by atoms with Crippen LogP contribution in [0.25, 0.3) is 6.08 Å². The summed E-state index contributed by atoms with van der Waals surface area (Å²) in [4.78, 5) is 22.3. The number of furan rings is 1. The number of rotatable bonds is 8. The van der Waals surface area contributed by atoms with E-state index in [-0.39, 0.29) is 10.7 Å². The van der Waals surface area contributed by atoms with Gasteiger partial charge in [-0.1, -0.05) is 13.8 Å². The maximum absolute atomic E-state index is 12.8. The lowest BCUT2D eigenvalue weighted by molar-refractivity contribution is -0.402.